The number of benzene rings is 1. The summed E-state index contributed by atoms with van der Waals surface area (Å²) in [5.74, 6) is 2.50. The monoisotopic (exact) mass is 286 g/mol. The molecule has 1 aliphatic heterocycles. The van der Waals surface area contributed by atoms with Crippen LogP contribution in [0, 0.1) is 11.8 Å². The third kappa shape index (κ3) is 2.58. The Morgan fingerprint density at radius 2 is 2.14 bits per heavy atom. The molecule has 0 bridgehead atoms. The minimum atomic E-state index is 0.337. The minimum Gasteiger partial charge on any atom is -0.330 e. The molecule has 3 atom stereocenters. The average molecular weight is 286 g/mol. The summed E-state index contributed by atoms with van der Waals surface area (Å²) in [5, 5.41) is 0. The SMILES string of the molecule is CC1CCN(C(C)c2nc3ccccc3n2C)CC1CN. The summed E-state index contributed by atoms with van der Waals surface area (Å²) in [6, 6.07) is 8.69. The van der Waals surface area contributed by atoms with Crippen LogP contribution in [0.1, 0.15) is 32.1 Å². The summed E-state index contributed by atoms with van der Waals surface area (Å²) >= 11 is 0. The second-order valence-corrected chi connectivity index (χ2v) is 6.45. The number of piperidine rings is 1. The molecular weight excluding hydrogens is 260 g/mol. The number of imidazole rings is 1. The predicted molar refractivity (Wildman–Crippen MR) is 87.0 cm³/mol. The van der Waals surface area contributed by atoms with Gasteiger partial charge < -0.3 is 10.3 Å². The highest BCUT2D eigenvalue weighted by atomic mass is 15.2. The molecule has 0 saturated carbocycles. The van der Waals surface area contributed by atoms with E-state index in [-0.39, 0.29) is 0 Å². The van der Waals surface area contributed by atoms with Gasteiger partial charge in [-0.05, 0) is 50.4 Å². The van der Waals surface area contributed by atoms with Crippen molar-refractivity contribution in [2.45, 2.75) is 26.3 Å². The topological polar surface area (TPSA) is 47.1 Å². The fourth-order valence-corrected chi connectivity index (χ4v) is 3.54. The Kier molecular flexibility index (Phi) is 4.00. The fraction of sp³-hybridized carbons (Fsp3) is 0.588. The van der Waals surface area contributed by atoms with Crippen LogP contribution in [-0.4, -0.2) is 34.1 Å². The van der Waals surface area contributed by atoms with E-state index in [2.05, 4.69) is 54.6 Å². The lowest BCUT2D eigenvalue weighted by Gasteiger charge is -2.39. The van der Waals surface area contributed by atoms with E-state index in [0.717, 1.165) is 36.9 Å². The van der Waals surface area contributed by atoms with Gasteiger partial charge in [-0.3, -0.25) is 4.90 Å². The lowest BCUT2D eigenvalue weighted by molar-refractivity contribution is 0.0934. The number of likely N-dealkylation sites (tertiary alicyclic amines) is 1. The first-order valence-electron chi connectivity index (χ1n) is 7.97. The zero-order chi connectivity index (χ0) is 15.0. The Balaban J connectivity index is 1.86. The Morgan fingerprint density at radius 1 is 1.38 bits per heavy atom. The van der Waals surface area contributed by atoms with Gasteiger partial charge in [0.1, 0.15) is 5.82 Å². The lowest BCUT2D eigenvalue weighted by Crippen LogP contribution is -2.44. The smallest absolute Gasteiger partial charge is 0.126 e. The van der Waals surface area contributed by atoms with Gasteiger partial charge in [0.05, 0.1) is 17.1 Å². The molecule has 0 aliphatic carbocycles. The van der Waals surface area contributed by atoms with Crippen molar-refractivity contribution >= 4 is 11.0 Å². The summed E-state index contributed by atoms with van der Waals surface area (Å²) < 4.78 is 2.23. The third-order valence-electron chi connectivity index (χ3n) is 5.19. The Morgan fingerprint density at radius 3 is 2.86 bits per heavy atom. The van der Waals surface area contributed by atoms with Crippen LogP contribution in [0.4, 0.5) is 0 Å². The lowest BCUT2D eigenvalue weighted by atomic mass is 9.86. The number of nitrogens with zero attached hydrogens (tertiary/aromatic N) is 3. The van der Waals surface area contributed by atoms with Crippen molar-refractivity contribution in [3.8, 4) is 0 Å². The zero-order valence-electron chi connectivity index (χ0n) is 13.3. The van der Waals surface area contributed by atoms with Crippen molar-refractivity contribution in [1.82, 2.24) is 14.5 Å². The van der Waals surface area contributed by atoms with E-state index in [1.807, 2.05) is 0 Å². The summed E-state index contributed by atoms with van der Waals surface area (Å²) in [6.45, 7) is 7.61. The third-order valence-corrected chi connectivity index (χ3v) is 5.19. The van der Waals surface area contributed by atoms with Crippen molar-refractivity contribution < 1.29 is 0 Å². The van der Waals surface area contributed by atoms with Crippen molar-refractivity contribution in [2.24, 2.45) is 24.6 Å². The number of fused-ring (bicyclic) bond motifs is 1. The van der Waals surface area contributed by atoms with Crippen LogP contribution in [-0.2, 0) is 7.05 Å². The zero-order valence-corrected chi connectivity index (χ0v) is 13.3. The van der Waals surface area contributed by atoms with Gasteiger partial charge >= 0.3 is 0 Å². The molecule has 2 heterocycles. The summed E-state index contributed by atoms with van der Waals surface area (Å²) in [7, 11) is 2.12. The normalized spacial score (nSPS) is 25.3. The molecule has 1 aromatic heterocycles. The van der Waals surface area contributed by atoms with E-state index in [1.165, 1.54) is 11.9 Å². The molecule has 2 aromatic rings. The molecule has 3 unspecified atom stereocenters. The quantitative estimate of drug-likeness (QED) is 0.943. The number of hydrogen-bond donors (Lipinski definition) is 1. The molecule has 1 saturated heterocycles. The molecule has 0 amide bonds. The average Bonchev–Trinajstić information content (AvgIpc) is 2.85. The number of aryl methyl sites for hydroxylation is 1. The minimum absolute atomic E-state index is 0.337. The predicted octanol–water partition coefficient (Wildman–Crippen LogP) is 2.55. The molecule has 2 N–H and O–H groups in total. The number of para-hydroxylation sites is 2. The van der Waals surface area contributed by atoms with Gasteiger partial charge in [0.2, 0.25) is 0 Å². The van der Waals surface area contributed by atoms with Crippen LogP contribution >= 0.6 is 0 Å². The van der Waals surface area contributed by atoms with Gasteiger partial charge in [-0.15, -0.1) is 0 Å². The van der Waals surface area contributed by atoms with E-state index in [1.54, 1.807) is 0 Å². The molecular formula is C17H26N4. The molecule has 0 spiro atoms. The number of rotatable bonds is 3. The number of nitrogens with two attached hydrogens (primary N) is 1. The largest absolute Gasteiger partial charge is 0.330 e. The molecule has 1 fully saturated rings. The summed E-state index contributed by atoms with van der Waals surface area (Å²) in [4.78, 5) is 7.39. The maximum atomic E-state index is 5.94. The van der Waals surface area contributed by atoms with Crippen molar-refractivity contribution in [3.63, 3.8) is 0 Å². The van der Waals surface area contributed by atoms with Crippen molar-refractivity contribution in [2.75, 3.05) is 19.6 Å². The van der Waals surface area contributed by atoms with E-state index in [9.17, 15) is 0 Å². The summed E-state index contributed by atoms with van der Waals surface area (Å²) in [5.41, 5.74) is 8.23. The van der Waals surface area contributed by atoms with Gasteiger partial charge in [0, 0.05) is 13.6 Å². The molecule has 21 heavy (non-hydrogen) atoms. The maximum Gasteiger partial charge on any atom is 0.126 e. The van der Waals surface area contributed by atoms with Crippen LogP contribution in [0.25, 0.3) is 11.0 Å². The van der Waals surface area contributed by atoms with Crippen LogP contribution in [0.15, 0.2) is 24.3 Å². The number of aromatic nitrogens is 2. The van der Waals surface area contributed by atoms with Gasteiger partial charge in [-0.1, -0.05) is 19.1 Å². The van der Waals surface area contributed by atoms with E-state index < -0.39 is 0 Å². The van der Waals surface area contributed by atoms with Crippen LogP contribution in [0.2, 0.25) is 0 Å². The molecule has 1 aliphatic rings. The first kappa shape index (κ1) is 14.5. The standard InChI is InChI=1S/C17H26N4/c1-12-8-9-21(11-14(12)10-18)13(2)17-19-15-6-4-5-7-16(15)20(17)3/h4-7,12-14H,8-11,18H2,1-3H3. The second kappa shape index (κ2) is 5.78. The second-order valence-electron chi connectivity index (χ2n) is 6.45. The Labute approximate surface area is 126 Å². The van der Waals surface area contributed by atoms with Crippen LogP contribution in [0.3, 0.4) is 0 Å². The molecule has 3 rings (SSSR count). The highest BCUT2D eigenvalue weighted by Gasteiger charge is 2.30. The Bertz CT molecular complexity index is 618. The molecule has 1 aromatic carbocycles. The summed E-state index contributed by atoms with van der Waals surface area (Å²) in [6.07, 6.45) is 1.23. The molecule has 0 radical (unpaired) electrons. The van der Waals surface area contributed by atoms with Gasteiger partial charge in [0.15, 0.2) is 0 Å². The first-order chi connectivity index (χ1) is 10.1. The van der Waals surface area contributed by atoms with E-state index in [4.69, 9.17) is 10.7 Å². The van der Waals surface area contributed by atoms with Crippen LogP contribution < -0.4 is 5.73 Å². The van der Waals surface area contributed by atoms with Gasteiger partial charge in [-0.25, -0.2) is 4.98 Å². The highest BCUT2D eigenvalue weighted by Crippen LogP contribution is 2.30. The molecule has 4 nitrogen and oxygen atoms in total. The van der Waals surface area contributed by atoms with Crippen molar-refractivity contribution in [1.29, 1.82) is 0 Å². The van der Waals surface area contributed by atoms with Crippen LogP contribution in [0.5, 0.6) is 0 Å². The fourth-order valence-electron chi connectivity index (χ4n) is 3.54. The van der Waals surface area contributed by atoms with E-state index in [0.29, 0.717) is 12.0 Å². The Hall–Kier alpha value is -1.39. The van der Waals surface area contributed by atoms with Gasteiger partial charge in [-0.2, -0.15) is 0 Å². The molecule has 114 valence electrons. The maximum absolute atomic E-state index is 5.94. The van der Waals surface area contributed by atoms with E-state index >= 15 is 0 Å². The van der Waals surface area contributed by atoms with Gasteiger partial charge in [0.25, 0.3) is 0 Å². The first-order valence-corrected chi connectivity index (χ1v) is 7.97. The van der Waals surface area contributed by atoms with Crippen molar-refractivity contribution in [3.05, 3.63) is 30.1 Å². The molecule has 4 heteroatoms. The highest BCUT2D eigenvalue weighted by molar-refractivity contribution is 5.75. The number of hydrogen-bond acceptors (Lipinski definition) is 3.